The molecule has 2 fully saturated rings. The predicted octanol–water partition coefficient (Wildman–Crippen LogP) is 6.34. The second-order valence-corrected chi connectivity index (χ2v) is 7.54. The van der Waals surface area contributed by atoms with Crippen molar-refractivity contribution in [1.82, 2.24) is 0 Å². The first-order valence-corrected chi connectivity index (χ1v) is 9.51. The molecule has 2 aliphatic rings. The fraction of sp³-hybridized carbons (Fsp3) is 0.900. The molecule has 1 heteroatoms. The lowest BCUT2D eigenvalue weighted by molar-refractivity contribution is 0.141. The summed E-state index contributed by atoms with van der Waals surface area (Å²) >= 11 is 0. The molecule has 122 valence electrons. The highest BCUT2D eigenvalue weighted by atomic mass is 16.5. The molecule has 2 aliphatic carbocycles. The Labute approximate surface area is 132 Å². The highest BCUT2D eigenvalue weighted by Gasteiger charge is 2.30. The number of methoxy groups -OCH3 is 1. The van der Waals surface area contributed by atoms with E-state index < -0.39 is 0 Å². The van der Waals surface area contributed by atoms with Crippen molar-refractivity contribution in [3.63, 3.8) is 0 Å². The predicted molar refractivity (Wildman–Crippen MR) is 91.2 cm³/mol. The van der Waals surface area contributed by atoms with Gasteiger partial charge in [0, 0.05) is 0 Å². The van der Waals surface area contributed by atoms with Crippen LogP contribution in [-0.4, -0.2) is 7.11 Å². The molecule has 2 saturated carbocycles. The average molecular weight is 293 g/mol. The Morgan fingerprint density at radius 1 is 0.810 bits per heavy atom. The molecule has 0 amide bonds. The number of hydrogen-bond acceptors (Lipinski definition) is 1. The summed E-state index contributed by atoms with van der Waals surface area (Å²) in [5, 5.41) is 0. The molecule has 0 aromatic heterocycles. The third-order valence-electron chi connectivity index (χ3n) is 6.12. The van der Waals surface area contributed by atoms with Crippen LogP contribution < -0.4 is 0 Å². The topological polar surface area (TPSA) is 9.23 Å². The van der Waals surface area contributed by atoms with Gasteiger partial charge in [-0.1, -0.05) is 45.4 Å². The van der Waals surface area contributed by atoms with Gasteiger partial charge in [0.25, 0.3) is 0 Å². The van der Waals surface area contributed by atoms with E-state index in [1.165, 1.54) is 77.0 Å². The first-order chi connectivity index (χ1) is 10.3. The third kappa shape index (κ3) is 5.68. The number of allylic oxidation sites excluding steroid dienone is 1. The van der Waals surface area contributed by atoms with Gasteiger partial charge in [-0.2, -0.15) is 0 Å². The molecule has 21 heavy (non-hydrogen) atoms. The number of ether oxygens (including phenoxy) is 1. The zero-order chi connectivity index (χ0) is 14.9. The Morgan fingerprint density at radius 2 is 1.33 bits per heavy atom. The number of hydrogen-bond donors (Lipinski definition) is 0. The summed E-state index contributed by atoms with van der Waals surface area (Å²) in [4.78, 5) is 0. The van der Waals surface area contributed by atoms with Crippen LogP contribution in [0.15, 0.2) is 12.3 Å². The molecule has 0 radical (unpaired) electrons. The van der Waals surface area contributed by atoms with Crippen LogP contribution in [0.1, 0.15) is 84.0 Å². The smallest absolute Gasteiger partial charge is 0.0784 e. The summed E-state index contributed by atoms with van der Waals surface area (Å²) in [5.41, 5.74) is 0. The van der Waals surface area contributed by atoms with E-state index in [1.54, 1.807) is 7.11 Å². The van der Waals surface area contributed by atoms with Crippen LogP contribution in [0.25, 0.3) is 0 Å². The fourth-order valence-electron chi connectivity index (χ4n) is 4.80. The molecule has 0 spiro atoms. The number of rotatable bonds is 7. The van der Waals surface area contributed by atoms with E-state index in [2.05, 4.69) is 13.0 Å². The fourth-order valence-corrected chi connectivity index (χ4v) is 4.80. The van der Waals surface area contributed by atoms with E-state index in [0.717, 1.165) is 23.7 Å². The zero-order valence-corrected chi connectivity index (χ0v) is 14.4. The largest absolute Gasteiger partial charge is 0.505 e. The van der Waals surface area contributed by atoms with Gasteiger partial charge in [-0.3, -0.25) is 0 Å². The highest BCUT2D eigenvalue weighted by Crippen LogP contribution is 2.42. The SMILES string of the molecule is CCC[C@H]1CC[C@H](C2CCC(CC/C=C/OC)CC2)CC1. The first-order valence-electron chi connectivity index (χ1n) is 9.51. The molecule has 0 aromatic carbocycles. The van der Waals surface area contributed by atoms with Crippen molar-refractivity contribution in [3.05, 3.63) is 12.3 Å². The van der Waals surface area contributed by atoms with Crippen LogP contribution in [0.5, 0.6) is 0 Å². The van der Waals surface area contributed by atoms with Gasteiger partial charge in [-0.25, -0.2) is 0 Å². The van der Waals surface area contributed by atoms with Crippen molar-refractivity contribution in [3.8, 4) is 0 Å². The van der Waals surface area contributed by atoms with Gasteiger partial charge in [0.15, 0.2) is 0 Å². The standard InChI is InChI=1S/C20H36O/c1-3-6-17-8-12-19(13-9-17)20-14-10-18(11-15-20)7-4-5-16-21-2/h5,16-20H,3-4,6-15H2,1-2H3/b16-5+/t17-,18?,19-,20?. The minimum absolute atomic E-state index is 0.985. The summed E-state index contributed by atoms with van der Waals surface area (Å²) in [6.45, 7) is 2.34. The van der Waals surface area contributed by atoms with Crippen LogP contribution in [0, 0.1) is 23.7 Å². The summed E-state index contributed by atoms with van der Waals surface area (Å²) in [6, 6.07) is 0. The van der Waals surface area contributed by atoms with Gasteiger partial charge in [-0.05, 0) is 68.3 Å². The quantitative estimate of drug-likeness (QED) is 0.497. The van der Waals surface area contributed by atoms with Crippen LogP contribution in [-0.2, 0) is 4.74 Å². The Balaban J connectivity index is 1.62. The molecule has 0 aromatic rings. The maximum atomic E-state index is 4.97. The van der Waals surface area contributed by atoms with Gasteiger partial charge in [-0.15, -0.1) is 0 Å². The van der Waals surface area contributed by atoms with Crippen molar-refractivity contribution >= 4 is 0 Å². The summed E-state index contributed by atoms with van der Waals surface area (Å²) in [7, 11) is 1.73. The van der Waals surface area contributed by atoms with E-state index in [4.69, 9.17) is 4.74 Å². The normalized spacial score (nSPS) is 34.2. The summed E-state index contributed by atoms with van der Waals surface area (Å²) in [5.74, 6) is 4.19. The molecule has 0 bridgehead atoms. The van der Waals surface area contributed by atoms with Crippen molar-refractivity contribution in [2.24, 2.45) is 23.7 Å². The van der Waals surface area contributed by atoms with Gasteiger partial charge in [0.2, 0.25) is 0 Å². The van der Waals surface area contributed by atoms with Crippen LogP contribution in [0.4, 0.5) is 0 Å². The summed E-state index contributed by atoms with van der Waals surface area (Å²) in [6.07, 6.45) is 21.6. The molecule has 0 unspecified atom stereocenters. The van der Waals surface area contributed by atoms with Crippen molar-refractivity contribution < 1.29 is 4.74 Å². The van der Waals surface area contributed by atoms with Crippen LogP contribution in [0.3, 0.4) is 0 Å². The van der Waals surface area contributed by atoms with E-state index in [-0.39, 0.29) is 0 Å². The lowest BCUT2D eigenvalue weighted by Crippen LogP contribution is -2.25. The third-order valence-corrected chi connectivity index (χ3v) is 6.12. The Hall–Kier alpha value is -0.460. The molecule has 0 saturated heterocycles. The lowest BCUT2D eigenvalue weighted by atomic mass is 9.68. The monoisotopic (exact) mass is 292 g/mol. The molecular formula is C20H36O. The van der Waals surface area contributed by atoms with Crippen LogP contribution in [0.2, 0.25) is 0 Å². The second kappa shape index (κ2) is 9.54. The van der Waals surface area contributed by atoms with Gasteiger partial charge >= 0.3 is 0 Å². The molecule has 0 aliphatic heterocycles. The van der Waals surface area contributed by atoms with Crippen molar-refractivity contribution in [2.45, 2.75) is 84.0 Å². The van der Waals surface area contributed by atoms with Crippen molar-refractivity contribution in [2.75, 3.05) is 7.11 Å². The molecule has 0 N–H and O–H groups in total. The average Bonchev–Trinajstić information content (AvgIpc) is 2.53. The minimum Gasteiger partial charge on any atom is -0.505 e. The van der Waals surface area contributed by atoms with E-state index in [9.17, 15) is 0 Å². The van der Waals surface area contributed by atoms with E-state index in [0.29, 0.717) is 0 Å². The maximum Gasteiger partial charge on any atom is 0.0784 e. The Bertz CT molecular complexity index is 280. The molecule has 2 rings (SSSR count). The van der Waals surface area contributed by atoms with Gasteiger partial charge < -0.3 is 4.74 Å². The first kappa shape index (κ1) is 16.9. The van der Waals surface area contributed by atoms with E-state index in [1.807, 2.05) is 6.26 Å². The van der Waals surface area contributed by atoms with Crippen molar-refractivity contribution in [1.29, 1.82) is 0 Å². The van der Waals surface area contributed by atoms with Crippen LogP contribution >= 0.6 is 0 Å². The maximum absolute atomic E-state index is 4.97. The van der Waals surface area contributed by atoms with E-state index >= 15 is 0 Å². The summed E-state index contributed by atoms with van der Waals surface area (Å²) < 4.78 is 4.97. The zero-order valence-electron chi connectivity index (χ0n) is 14.4. The minimum atomic E-state index is 0.985. The Kier molecular flexibility index (Phi) is 7.68. The molecular weight excluding hydrogens is 256 g/mol. The Morgan fingerprint density at radius 3 is 1.81 bits per heavy atom. The van der Waals surface area contributed by atoms with Gasteiger partial charge in [0.05, 0.1) is 13.4 Å². The van der Waals surface area contributed by atoms with Gasteiger partial charge in [0.1, 0.15) is 0 Å². The molecule has 0 atom stereocenters. The highest BCUT2D eigenvalue weighted by molar-refractivity contribution is 4.83. The molecule has 1 nitrogen and oxygen atoms in total. The second-order valence-electron chi connectivity index (χ2n) is 7.54. The molecule has 0 heterocycles. The lowest BCUT2D eigenvalue weighted by Gasteiger charge is -2.38.